The van der Waals surface area contributed by atoms with E-state index in [1.807, 2.05) is 0 Å². The van der Waals surface area contributed by atoms with Crippen LogP contribution in [0.2, 0.25) is 0 Å². The largest absolute Gasteiger partial charge is 0.469 e. The Kier molecular flexibility index (Phi) is 6.66. The van der Waals surface area contributed by atoms with Crippen molar-refractivity contribution in [1.82, 2.24) is 10.3 Å². The topological polar surface area (TPSA) is 130 Å². The summed E-state index contributed by atoms with van der Waals surface area (Å²) in [4.78, 5) is 37.1. The van der Waals surface area contributed by atoms with E-state index in [4.69, 9.17) is 9.47 Å². The molecule has 0 saturated heterocycles. The zero-order valence-corrected chi connectivity index (χ0v) is 14.0. The predicted octanol–water partition coefficient (Wildman–Crippen LogP) is 2.16. The summed E-state index contributed by atoms with van der Waals surface area (Å²) in [6.45, 7) is -0.151. The SMILES string of the molecule is COC(=O)CCCNC(=O)OCOc1ccc([N+](=O)[O-])c2cccnc12. The van der Waals surface area contributed by atoms with Crippen molar-refractivity contribution in [2.75, 3.05) is 20.4 Å². The Bertz CT molecular complexity index is 810. The van der Waals surface area contributed by atoms with E-state index < -0.39 is 17.8 Å². The number of carbonyl (C=O) groups excluding carboxylic acids is 2. The number of methoxy groups -OCH3 is 1. The van der Waals surface area contributed by atoms with Crippen LogP contribution in [-0.4, -0.2) is 42.4 Å². The molecule has 0 fully saturated rings. The number of aromatic nitrogens is 1. The van der Waals surface area contributed by atoms with Gasteiger partial charge in [0.1, 0.15) is 11.3 Å². The van der Waals surface area contributed by atoms with Crippen molar-refractivity contribution in [2.45, 2.75) is 12.8 Å². The molecule has 0 aliphatic rings. The number of pyridine rings is 1. The van der Waals surface area contributed by atoms with Crippen molar-refractivity contribution in [3.8, 4) is 5.75 Å². The van der Waals surface area contributed by atoms with Gasteiger partial charge in [0, 0.05) is 25.2 Å². The standard InChI is InChI=1S/C16H17N3O7/c1-24-14(20)5-3-9-18-16(21)26-10-25-13-7-6-12(19(22)23)11-4-2-8-17-15(11)13/h2,4,6-8H,3,5,9-10H2,1H3,(H,18,21). The molecule has 2 rings (SSSR count). The fourth-order valence-electron chi connectivity index (χ4n) is 2.13. The van der Waals surface area contributed by atoms with E-state index in [9.17, 15) is 19.7 Å². The van der Waals surface area contributed by atoms with Crippen LogP contribution in [-0.2, 0) is 14.3 Å². The van der Waals surface area contributed by atoms with Crippen LogP contribution in [0.5, 0.6) is 5.75 Å². The van der Waals surface area contributed by atoms with E-state index >= 15 is 0 Å². The van der Waals surface area contributed by atoms with Gasteiger partial charge in [0.2, 0.25) is 6.79 Å². The summed E-state index contributed by atoms with van der Waals surface area (Å²) >= 11 is 0. The Hall–Kier alpha value is -3.43. The number of hydrogen-bond donors (Lipinski definition) is 1. The lowest BCUT2D eigenvalue weighted by atomic mass is 10.1. The molecule has 1 N–H and O–H groups in total. The van der Waals surface area contributed by atoms with Gasteiger partial charge in [-0.15, -0.1) is 0 Å². The highest BCUT2D eigenvalue weighted by Crippen LogP contribution is 2.31. The van der Waals surface area contributed by atoms with Crippen LogP contribution in [0.25, 0.3) is 10.9 Å². The fraction of sp³-hybridized carbons (Fsp3) is 0.312. The van der Waals surface area contributed by atoms with Crippen LogP contribution >= 0.6 is 0 Å². The second-order valence-electron chi connectivity index (χ2n) is 5.04. The van der Waals surface area contributed by atoms with E-state index in [0.717, 1.165) is 0 Å². The van der Waals surface area contributed by atoms with Gasteiger partial charge in [0.05, 0.1) is 17.4 Å². The van der Waals surface area contributed by atoms with Crippen LogP contribution < -0.4 is 10.1 Å². The number of benzene rings is 1. The summed E-state index contributed by atoms with van der Waals surface area (Å²) in [6.07, 6.45) is 1.37. The van der Waals surface area contributed by atoms with Crippen LogP contribution in [0.4, 0.5) is 10.5 Å². The number of nitro benzene ring substituents is 1. The van der Waals surface area contributed by atoms with E-state index in [-0.39, 0.29) is 30.4 Å². The zero-order valence-electron chi connectivity index (χ0n) is 14.0. The molecule has 0 saturated carbocycles. The second-order valence-corrected chi connectivity index (χ2v) is 5.04. The van der Waals surface area contributed by atoms with Crippen LogP contribution in [0.3, 0.4) is 0 Å². The molecule has 0 radical (unpaired) electrons. The quantitative estimate of drug-likeness (QED) is 0.248. The number of rotatable bonds is 8. The first-order valence-electron chi connectivity index (χ1n) is 7.65. The third-order valence-electron chi connectivity index (χ3n) is 3.37. The molecule has 2 aromatic rings. The number of esters is 1. The molecule has 0 aliphatic carbocycles. The number of fused-ring (bicyclic) bond motifs is 1. The molecule has 1 heterocycles. The number of amides is 1. The number of nitrogens with zero attached hydrogens (tertiary/aromatic N) is 2. The minimum atomic E-state index is -0.714. The average Bonchev–Trinajstić information content (AvgIpc) is 2.64. The summed E-state index contributed by atoms with van der Waals surface area (Å²) in [6, 6.07) is 5.83. The number of hydrogen-bond acceptors (Lipinski definition) is 8. The highest BCUT2D eigenvalue weighted by molar-refractivity contribution is 5.92. The number of ether oxygens (including phenoxy) is 3. The highest BCUT2D eigenvalue weighted by Gasteiger charge is 2.16. The summed E-state index contributed by atoms with van der Waals surface area (Å²) in [7, 11) is 1.29. The van der Waals surface area contributed by atoms with Gasteiger partial charge in [-0.3, -0.25) is 19.9 Å². The van der Waals surface area contributed by atoms with Gasteiger partial charge >= 0.3 is 12.1 Å². The molecule has 10 heteroatoms. The van der Waals surface area contributed by atoms with Gasteiger partial charge in [-0.05, 0) is 24.6 Å². The first kappa shape index (κ1) is 18.9. The van der Waals surface area contributed by atoms with Crippen molar-refractivity contribution in [3.63, 3.8) is 0 Å². The first-order valence-corrected chi connectivity index (χ1v) is 7.65. The first-order chi connectivity index (χ1) is 12.5. The molecule has 26 heavy (non-hydrogen) atoms. The minimum Gasteiger partial charge on any atom is -0.469 e. The number of carbonyl (C=O) groups is 2. The van der Waals surface area contributed by atoms with Crippen molar-refractivity contribution >= 4 is 28.7 Å². The van der Waals surface area contributed by atoms with Gasteiger partial charge in [0.15, 0.2) is 0 Å². The minimum absolute atomic E-state index is 0.0929. The zero-order chi connectivity index (χ0) is 18.9. The molecular weight excluding hydrogens is 346 g/mol. The molecule has 0 aliphatic heterocycles. The Morgan fingerprint density at radius 2 is 2.12 bits per heavy atom. The number of alkyl carbamates (subject to hydrolysis) is 1. The van der Waals surface area contributed by atoms with E-state index in [2.05, 4.69) is 15.0 Å². The second kappa shape index (κ2) is 9.16. The van der Waals surface area contributed by atoms with Gasteiger partial charge in [-0.2, -0.15) is 0 Å². The third kappa shape index (κ3) is 5.03. The molecule has 10 nitrogen and oxygen atoms in total. The van der Waals surface area contributed by atoms with E-state index in [1.165, 1.54) is 25.4 Å². The lowest BCUT2D eigenvalue weighted by Crippen LogP contribution is -2.27. The number of nitrogens with one attached hydrogen (secondary N) is 1. The van der Waals surface area contributed by atoms with E-state index in [1.54, 1.807) is 12.1 Å². The summed E-state index contributed by atoms with van der Waals surface area (Å²) in [5.74, 6) is -0.106. The van der Waals surface area contributed by atoms with Crippen molar-refractivity contribution < 1.29 is 28.7 Å². The highest BCUT2D eigenvalue weighted by atomic mass is 16.7. The monoisotopic (exact) mass is 363 g/mol. The van der Waals surface area contributed by atoms with Crippen molar-refractivity contribution in [2.24, 2.45) is 0 Å². The Balaban J connectivity index is 1.86. The third-order valence-corrected chi connectivity index (χ3v) is 3.37. The molecule has 1 aromatic carbocycles. The van der Waals surface area contributed by atoms with Gasteiger partial charge in [-0.25, -0.2) is 4.79 Å². The maximum atomic E-state index is 11.5. The Morgan fingerprint density at radius 3 is 2.85 bits per heavy atom. The molecule has 138 valence electrons. The summed E-state index contributed by atoms with van der Waals surface area (Å²) in [5.41, 5.74) is 0.202. The lowest BCUT2D eigenvalue weighted by molar-refractivity contribution is -0.383. The molecular formula is C16H17N3O7. The number of nitro groups is 1. The van der Waals surface area contributed by atoms with Crippen LogP contribution in [0.1, 0.15) is 12.8 Å². The summed E-state index contributed by atoms with van der Waals surface area (Å²) < 4.78 is 14.7. The predicted molar refractivity (Wildman–Crippen MR) is 89.6 cm³/mol. The van der Waals surface area contributed by atoms with Crippen LogP contribution in [0.15, 0.2) is 30.5 Å². The number of non-ortho nitro benzene ring substituents is 1. The normalized spacial score (nSPS) is 10.2. The molecule has 0 unspecified atom stereocenters. The molecule has 0 atom stereocenters. The Morgan fingerprint density at radius 1 is 1.31 bits per heavy atom. The van der Waals surface area contributed by atoms with Crippen LogP contribution in [0, 0.1) is 10.1 Å². The van der Waals surface area contributed by atoms with Gasteiger partial charge in [-0.1, -0.05) is 0 Å². The van der Waals surface area contributed by atoms with Gasteiger partial charge < -0.3 is 19.5 Å². The molecule has 1 amide bonds. The summed E-state index contributed by atoms with van der Waals surface area (Å²) in [5, 5.41) is 13.8. The lowest BCUT2D eigenvalue weighted by Gasteiger charge is -2.10. The Labute approximate surface area is 148 Å². The maximum Gasteiger partial charge on any atom is 0.410 e. The van der Waals surface area contributed by atoms with E-state index in [0.29, 0.717) is 17.3 Å². The van der Waals surface area contributed by atoms with Gasteiger partial charge in [0.25, 0.3) is 5.69 Å². The van der Waals surface area contributed by atoms with Crippen molar-refractivity contribution in [3.05, 3.63) is 40.6 Å². The maximum absolute atomic E-state index is 11.5. The average molecular weight is 363 g/mol. The van der Waals surface area contributed by atoms with Crippen molar-refractivity contribution in [1.29, 1.82) is 0 Å². The molecule has 0 bridgehead atoms. The smallest absolute Gasteiger partial charge is 0.410 e. The molecule has 1 aromatic heterocycles. The fourth-order valence-corrected chi connectivity index (χ4v) is 2.13. The molecule has 0 spiro atoms.